The van der Waals surface area contributed by atoms with Crippen LogP contribution in [-0.2, 0) is 23.1 Å². The third-order valence-electron chi connectivity index (χ3n) is 4.11. The predicted octanol–water partition coefficient (Wildman–Crippen LogP) is 1.47. The van der Waals surface area contributed by atoms with Crippen molar-refractivity contribution >= 4 is 11.0 Å². The molecule has 0 aliphatic carbocycles. The smallest absolute Gasteiger partial charge is 0.123 e. The van der Waals surface area contributed by atoms with Crippen LogP contribution in [0.3, 0.4) is 0 Å². The maximum atomic E-state index is 5.61. The number of aryl methyl sites for hydroxylation is 1. The maximum Gasteiger partial charge on any atom is 0.123 e. The molecule has 1 N–H and O–H groups in total. The summed E-state index contributed by atoms with van der Waals surface area (Å²) in [6.45, 7) is 2.96. The average Bonchev–Trinajstić information content (AvgIpc) is 3.06. The van der Waals surface area contributed by atoms with Gasteiger partial charge < -0.3 is 19.4 Å². The number of aromatic nitrogens is 2. The molecule has 1 aliphatic heterocycles. The second-order valence-electron chi connectivity index (χ2n) is 5.37. The Kier molecular flexibility index (Phi) is 3.74. The Hall–Kier alpha value is -1.43. The fourth-order valence-electron chi connectivity index (χ4n) is 2.72. The highest BCUT2D eigenvalue weighted by molar-refractivity contribution is 5.75. The Bertz CT molecular complexity index is 588. The van der Waals surface area contributed by atoms with E-state index in [1.807, 2.05) is 18.2 Å². The maximum absolute atomic E-state index is 5.61. The van der Waals surface area contributed by atoms with Crippen molar-refractivity contribution in [3.8, 4) is 0 Å². The zero-order valence-electron chi connectivity index (χ0n) is 12.1. The van der Waals surface area contributed by atoms with Crippen molar-refractivity contribution in [1.29, 1.82) is 0 Å². The molecule has 1 fully saturated rings. The molecule has 0 radical (unpaired) electrons. The van der Waals surface area contributed by atoms with E-state index in [0.29, 0.717) is 6.61 Å². The summed E-state index contributed by atoms with van der Waals surface area (Å²) in [5, 5.41) is 3.45. The summed E-state index contributed by atoms with van der Waals surface area (Å²) >= 11 is 0. The number of methoxy groups -OCH3 is 1. The third kappa shape index (κ3) is 2.44. The molecular weight excluding hydrogens is 254 g/mol. The van der Waals surface area contributed by atoms with Gasteiger partial charge in [0.25, 0.3) is 0 Å². The van der Waals surface area contributed by atoms with Crippen molar-refractivity contribution in [2.75, 3.05) is 26.9 Å². The van der Waals surface area contributed by atoms with Crippen LogP contribution in [0.5, 0.6) is 0 Å². The number of imidazole rings is 1. The van der Waals surface area contributed by atoms with Gasteiger partial charge in [-0.2, -0.15) is 0 Å². The largest absolute Gasteiger partial charge is 0.378 e. The SMILES string of the molecule is COC1(CNCc2nc3ccccc3n2C)CCOC1. The summed E-state index contributed by atoms with van der Waals surface area (Å²) in [5.41, 5.74) is 2.03. The fraction of sp³-hybridized carbons (Fsp3) is 0.533. The minimum absolute atomic E-state index is 0.176. The first-order valence-electron chi connectivity index (χ1n) is 6.98. The summed E-state index contributed by atoms with van der Waals surface area (Å²) in [7, 11) is 3.81. The molecule has 0 amide bonds. The second-order valence-corrected chi connectivity index (χ2v) is 5.37. The van der Waals surface area contributed by atoms with E-state index in [1.165, 1.54) is 0 Å². The van der Waals surface area contributed by atoms with E-state index >= 15 is 0 Å². The van der Waals surface area contributed by atoms with Gasteiger partial charge in [-0.3, -0.25) is 0 Å². The van der Waals surface area contributed by atoms with E-state index < -0.39 is 0 Å². The van der Waals surface area contributed by atoms with Gasteiger partial charge in [0.1, 0.15) is 11.4 Å². The van der Waals surface area contributed by atoms with Gasteiger partial charge in [-0.1, -0.05) is 12.1 Å². The molecule has 108 valence electrons. The Balaban J connectivity index is 1.66. The number of fused-ring (bicyclic) bond motifs is 1. The molecule has 1 saturated heterocycles. The highest BCUT2D eigenvalue weighted by atomic mass is 16.5. The minimum atomic E-state index is -0.176. The zero-order chi connectivity index (χ0) is 14.0. The van der Waals surface area contributed by atoms with Gasteiger partial charge in [-0.15, -0.1) is 0 Å². The number of hydrogen-bond donors (Lipinski definition) is 1. The summed E-state index contributed by atoms with van der Waals surface area (Å²) in [6, 6.07) is 8.19. The lowest BCUT2D eigenvalue weighted by Crippen LogP contribution is -2.42. The van der Waals surface area contributed by atoms with Crippen LogP contribution in [0.2, 0.25) is 0 Å². The van der Waals surface area contributed by atoms with Crippen LogP contribution in [0.25, 0.3) is 11.0 Å². The van der Waals surface area contributed by atoms with Crippen molar-refractivity contribution in [1.82, 2.24) is 14.9 Å². The molecule has 1 aromatic heterocycles. The van der Waals surface area contributed by atoms with E-state index in [1.54, 1.807) is 7.11 Å². The first-order valence-corrected chi connectivity index (χ1v) is 6.98. The van der Waals surface area contributed by atoms with Gasteiger partial charge in [-0.25, -0.2) is 4.98 Å². The molecule has 2 aromatic rings. The topological polar surface area (TPSA) is 48.3 Å². The molecular formula is C15H21N3O2. The van der Waals surface area contributed by atoms with Crippen LogP contribution in [0, 0.1) is 0 Å². The Labute approximate surface area is 118 Å². The number of para-hydroxylation sites is 2. The molecule has 1 aliphatic rings. The van der Waals surface area contributed by atoms with Crippen LogP contribution >= 0.6 is 0 Å². The summed E-state index contributed by atoms with van der Waals surface area (Å²) in [4.78, 5) is 4.65. The van der Waals surface area contributed by atoms with E-state index in [9.17, 15) is 0 Å². The van der Waals surface area contributed by atoms with Gasteiger partial charge in [0, 0.05) is 33.7 Å². The van der Waals surface area contributed by atoms with Crippen molar-refractivity contribution < 1.29 is 9.47 Å². The predicted molar refractivity (Wildman–Crippen MR) is 77.6 cm³/mol. The van der Waals surface area contributed by atoms with Crippen LogP contribution in [0.1, 0.15) is 12.2 Å². The highest BCUT2D eigenvalue weighted by Crippen LogP contribution is 2.21. The number of nitrogens with zero attached hydrogens (tertiary/aromatic N) is 2. The number of nitrogens with one attached hydrogen (secondary N) is 1. The van der Waals surface area contributed by atoms with Crippen molar-refractivity contribution in [3.63, 3.8) is 0 Å². The first-order chi connectivity index (χ1) is 9.74. The molecule has 1 unspecified atom stereocenters. The van der Waals surface area contributed by atoms with Crippen molar-refractivity contribution in [3.05, 3.63) is 30.1 Å². The lowest BCUT2D eigenvalue weighted by Gasteiger charge is -2.25. The monoisotopic (exact) mass is 275 g/mol. The summed E-state index contributed by atoms with van der Waals surface area (Å²) in [6.07, 6.45) is 0.943. The second kappa shape index (κ2) is 5.52. The van der Waals surface area contributed by atoms with Crippen LogP contribution in [-0.4, -0.2) is 42.0 Å². The lowest BCUT2D eigenvalue weighted by molar-refractivity contribution is -0.0160. The van der Waals surface area contributed by atoms with Gasteiger partial charge >= 0.3 is 0 Å². The van der Waals surface area contributed by atoms with Crippen LogP contribution in [0.4, 0.5) is 0 Å². The normalized spacial score (nSPS) is 22.7. The van der Waals surface area contributed by atoms with Gasteiger partial charge in [-0.05, 0) is 12.1 Å². The van der Waals surface area contributed by atoms with Gasteiger partial charge in [0.05, 0.1) is 24.2 Å². The Morgan fingerprint density at radius 2 is 2.30 bits per heavy atom. The quantitative estimate of drug-likeness (QED) is 0.897. The van der Waals surface area contributed by atoms with Gasteiger partial charge in [0.15, 0.2) is 0 Å². The van der Waals surface area contributed by atoms with Crippen molar-refractivity contribution in [2.45, 2.75) is 18.6 Å². The average molecular weight is 275 g/mol. The Morgan fingerprint density at radius 1 is 1.45 bits per heavy atom. The van der Waals surface area contributed by atoms with Gasteiger partial charge in [0.2, 0.25) is 0 Å². The lowest BCUT2D eigenvalue weighted by atomic mass is 10.0. The van der Waals surface area contributed by atoms with E-state index in [2.05, 4.69) is 28.0 Å². The number of ether oxygens (including phenoxy) is 2. The van der Waals surface area contributed by atoms with Crippen LogP contribution < -0.4 is 5.32 Å². The number of hydrogen-bond acceptors (Lipinski definition) is 4. The van der Waals surface area contributed by atoms with E-state index in [4.69, 9.17) is 9.47 Å². The molecule has 20 heavy (non-hydrogen) atoms. The minimum Gasteiger partial charge on any atom is -0.378 e. The molecule has 1 aromatic carbocycles. The summed E-state index contributed by atoms with van der Waals surface area (Å²) in [5.74, 6) is 1.04. The number of benzene rings is 1. The standard InChI is InChI=1S/C15H21N3O2/c1-18-13-6-4-3-5-12(13)17-14(18)9-16-10-15(19-2)7-8-20-11-15/h3-6,16H,7-11H2,1-2H3. The van der Waals surface area contributed by atoms with E-state index in [-0.39, 0.29) is 5.60 Å². The first kappa shape index (κ1) is 13.5. The molecule has 5 nitrogen and oxygen atoms in total. The number of rotatable bonds is 5. The van der Waals surface area contributed by atoms with E-state index in [0.717, 1.165) is 43.0 Å². The molecule has 5 heteroatoms. The Morgan fingerprint density at radius 3 is 3.00 bits per heavy atom. The molecule has 0 saturated carbocycles. The zero-order valence-corrected chi connectivity index (χ0v) is 12.1. The molecule has 0 spiro atoms. The summed E-state index contributed by atoms with van der Waals surface area (Å²) < 4.78 is 13.2. The van der Waals surface area contributed by atoms with Crippen molar-refractivity contribution in [2.24, 2.45) is 7.05 Å². The fourth-order valence-corrected chi connectivity index (χ4v) is 2.72. The molecule has 0 bridgehead atoms. The molecule has 3 rings (SSSR count). The molecule has 2 heterocycles. The third-order valence-corrected chi connectivity index (χ3v) is 4.11. The molecule has 1 atom stereocenters. The highest BCUT2D eigenvalue weighted by Gasteiger charge is 2.34. The van der Waals surface area contributed by atoms with Crippen LogP contribution in [0.15, 0.2) is 24.3 Å².